The van der Waals surface area contributed by atoms with Crippen molar-refractivity contribution in [2.24, 2.45) is 0 Å². The third-order valence-corrected chi connectivity index (χ3v) is 4.24. The van der Waals surface area contributed by atoms with Gasteiger partial charge in [0.1, 0.15) is 11.9 Å². The van der Waals surface area contributed by atoms with Crippen LogP contribution in [0.3, 0.4) is 0 Å². The van der Waals surface area contributed by atoms with E-state index >= 15 is 0 Å². The SMILES string of the molecule is CC(=O)NCCN(C(=O)c1nnn(Cc2ccc(F)cc2)c1C)C(C)C(=O)O. The maximum atomic E-state index is 13.0. The Bertz CT molecular complexity index is 865. The minimum atomic E-state index is -1.17. The number of amides is 2. The number of halogens is 1. The van der Waals surface area contributed by atoms with Crippen molar-refractivity contribution in [2.75, 3.05) is 13.1 Å². The van der Waals surface area contributed by atoms with Gasteiger partial charge < -0.3 is 15.3 Å². The van der Waals surface area contributed by atoms with Crippen LogP contribution in [0.5, 0.6) is 0 Å². The lowest BCUT2D eigenvalue weighted by Gasteiger charge is -2.26. The first-order valence-corrected chi connectivity index (χ1v) is 8.63. The first kappa shape index (κ1) is 21.0. The Balaban J connectivity index is 2.21. The summed E-state index contributed by atoms with van der Waals surface area (Å²) in [6.07, 6.45) is 0. The largest absolute Gasteiger partial charge is 0.480 e. The summed E-state index contributed by atoms with van der Waals surface area (Å²) in [4.78, 5) is 36.4. The Morgan fingerprint density at radius 1 is 1.29 bits per heavy atom. The fraction of sp³-hybridized carbons (Fsp3) is 0.389. The molecule has 150 valence electrons. The van der Waals surface area contributed by atoms with E-state index in [2.05, 4.69) is 15.6 Å². The van der Waals surface area contributed by atoms with Gasteiger partial charge in [-0.25, -0.2) is 13.9 Å². The molecule has 28 heavy (non-hydrogen) atoms. The number of carboxylic acid groups (broad SMARTS) is 1. The second kappa shape index (κ2) is 9.07. The zero-order valence-electron chi connectivity index (χ0n) is 15.8. The molecule has 1 atom stereocenters. The van der Waals surface area contributed by atoms with Crippen molar-refractivity contribution in [3.8, 4) is 0 Å². The van der Waals surface area contributed by atoms with Crippen LogP contribution in [0.25, 0.3) is 0 Å². The number of benzene rings is 1. The number of nitrogens with one attached hydrogen (secondary N) is 1. The van der Waals surface area contributed by atoms with Gasteiger partial charge in [-0.15, -0.1) is 5.10 Å². The summed E-state index contributed by atoms with van der Waals surface area (Å²) in [6.45, 7) is 4.77. The lowest BCUT2D eigenvalue weighted by molar-refractivity contribution is -0.141. The number of hydrogen-bond acceptors (Lipinski definition) is 5. The molecule has 1 heterocycles. The Morgan fingerprint density at radius 2 is 1.93 bits per heavy atom. The highest BCUT2D eigenvalue weighted by Gasteiger charge is 2.29. The third-order valence-electron chi connectivity index (χ3n) is 4.24. The minimum absolute atomic E-state index is 0.0101. The summed E-state index contributed by atoms with van der Waals surface area (Å²) >= 11 is 0. The molecule has 1 unspecified atom stereocenters. The van der Waals surface area contributed by atoms with E-state index in [4.69, 9.17) is 0 Å². The number of carbonyl (C=O) groups excluding carboxylic acids is 2. The molecular weight excluding hydrogens is 369 g/mol. The predicted molar refractivity (Wildman–Crippen MR) is 97.1 cm³/mol. The van der Waals surface area contributed by atoms with E-state index in [0.29, 0.717) is 5.69 Å². The van der Waals surface area contributed by atoms with Gasteiger partial charge >= 0.3 is 5.97 Å². The van der Waals surface area contributed by atoms with Crippen molar-refractivity contribution in [1.29, 1.82) is 0 Å². The average molecular weight is 391 g/mol. The molecule has 10 heteroatoms. The Labute approximate surface area is 161 Å². The normalized spacial score (nSPS) is 11.7. The number of aliphatic carboxylic acids is 1. The van der Waals surface area contributed by atoms with Crippen LogP contribution in [-0.4, -0.2) is 61.9 Å². The number of carbonyl (C=O) groups is 3. The van der Waals surface area contributed by atoms with Gasteiger partial charge in [-0.2, -0.15) is 0 Å². The van der Waals surface area contributed by atoms with Gasteiger partial charge in [-0.1, -0.05) is 17.3 Å². The molecule has 0 radical (unpaired) electrons. The summed E-state index contributed by atoms with van der Waals surface area (Å²) in [5, 5.41) is 19.7. The van der Waals surface area contributed by atoms with Crippen LogP contribution in [0.4, 0.5) is 4.39 Å². The number of nitrogens with zero attached hydrogens (tertiary/aromatic N) is 4. The van der Waals surface area contributed by atoms with E-state index in [1.165, 1.54) is 30.7 Å². The van der Waals surface area contributed by atoms with E-state index in [0.717, 1.165) is 10.5 Å². The van der Waals surface area contributed by atoms with Gasteiger partial charge in [0.05, 0.1) is 12.2 Å². The number of carboxylic acids is 1. The molecule has 0 fully saturated rings. The second-order valence-electron chi connectivity index (χ2n) is 6.30. The standard InChI is InChI=1S/C18H22FN5O4/c1-11-16(21-22-24(11)10-14-4-6-15(19)7-5-14)17(26)23(12(2)18(27)28)9-8-20-13(3)25/h4-7,12H,8-10H2,1-3H3,(H,20,25)(H,27,28). The molecule has 0 aliphatic carbocycles. The molecular formula is C18H22FN5O4. The summed E-state index contributed by atoms with van der Waals surface area (Å²) in [7, 11) is 0. The van der Waals surface area contributed by atoms with Gasteiger partial charge in [0.2, 0.25) is 5.91 Å². The molecule has 0 aliphatic heterocycles. The molecule has 0 saturated carbocycles. The van der Waals surface area contributed by atoms with Crippen molar-refractivity contribution in [2.45, 2.75) is 33.4 Å². The van der Waals surface area contributed by atoms with Gasteiger partial charge in [0.25, 0.3) is 5.91 Å². The third kappa shape index (κ3) is 5.12. The Hall–Kier alpha value is -3.30. The van der Waals surface area contributed by atoms with Crippen molar-refractivity contribution in [3.63, 3.8) is 0 Å². The lowest BCUT2D eigenvalue weighted by atomic mass is 10.2. The first-order valence-electron chi connectivity index (χ1n) is 8.63. The Kier molecular flexibility index (Phi) is 6.80. The maximum absolute atomic E-state index is 13.0. The highest BCUT2D eigenvalue weighted by atomic mass is 19.1. The molecule has 2 rings (SSSR count). The molecule has 0 spiro atoms. The summed E-state index contributed by atoms with van der Waals surface area (Å²) < 4.78 is 14.5. The zero-order chi connectivity index (χ0) is 20.8. The van der Waals surface area contributed by atoms with Gasteiger partial charge in [0.15, 0.2) is 5.69 Å². The Morgan fingerprint density at radius 3 is 2.50 bits per heavy atom. The van der Waals surface area contributed by atoms with Gasteiger partial charge in [-0.05, 0) is 31.5 Å². The fourth-order valence-electron chi connectivity index (χ4n) is 2.56. The van der Waals surface area contributed by atoms with Gasteiger partial charge in [0, 0.05) is 20.0 Å². The van der Waals surface area contributed by atoms with Crippen LogP contribution in [0, 0.1) is 12.7 Å². The average Bonchev–Trinajstić information content (AvgIpc) is 3.00. The van der Waals surface area contributed by atoms with Gasteiger partial charge in [-0.3, -0.25) is 9.59 Å². The molecule has 2 amide bonds. The van der Waals surface area contributed by atoms with Crippen molar-refractivity contribution in [3.05, 3.63) is 47.0 Å². The summed E-state index contributed by atoms with van der Waals surface area (Å²) in [6, 6.07) is 4.75. The molecule has 9 nitrogen and oxygen atoms in total. The van der Waals surface area contributed by atoms with E-state index < -0.39 is 17.9 Å². The van der Waals surface area contributed by atoms with Crippen LogP contribution in [0.2, 0.25) is 0 Å². The number of rotatable bonds is 8. The van der Waals surface area contributed by atoms with Crippen LogP contribution < -0.4 is 5.32 Å². The lowest BCUT2D eigenvalue weighted by Crippen LogP contribution is -2.47. The maximum Gasteiger partial charge on any atom is 0.326 e. The van der Waals surface area contributed by atoms with Crippen LogP contribution >= 0.6 is 0 Å². The van der Waals surface area contributed by atoms with Crippen LogP contribution in [-0.2, 0) is 16.1 Å². The molecule has 1 aromatic carbocycles. The fourth-order valence-corrected chi connectivity index (χ4v) is 2.56. The molecule has 0 aliphatic rings. The van der Waals surface area contributed by atoms with E-state index in [1.54, 1.807) is 19.1 Å². The molecule has 2 aromatic rings. The number of hydrogen-bond donors (Lipinski definition) is 2. The monoisotopic (exact) mass is 391 g/mol. The predicted octanol–water partition coefficient (Wildman–Crippen LogP) is 0.825. The highest BCUT2D eigenvalue weighted by Crippen LogP contribution is 2.13. The van der Waals surface area contributed by atoms with E-state index in [1.807, 2.05) is 0 Å². The van der Waals surface area contributed by atoms with Crippen molar-refractivity contribution >= 4 is 17.8 Å². The molecule has 0 saturated heterocycles. The molecule has 2 N–H and O–H groups in total. The summed E-state index contributed by atoms with van der Waals surface area (Å²) in [5.41, 5.74) is 1.25. The van der Waals surface area contributed by atoms with E-state index in [-0.39, 0.29) is 37.1 Å². The highest BCUT2D eigenvalue weighted by molar-refractivity contribution is 5.95. The quantitative estimate of drug-likeness (QED) is 0.688. The topological polar surface area (TPSA) is 117 Å². The number of aromatic nitrogens is 3. The molecule has 0 bridgehead atoms. The van der Waals surface area contributed by atoms with Crippen molar-refractivity contribution < 1.29 is 23.9 Å². The van der Waals surface area contributed by atoms with Crippen LogP contribution in [0.15, 0.2) is 24.3 Å². The second-order valence-corrected chi connectivity index (χ2v) is 6.30. The molecule has 1 aromatic heterocycles. The smallest absolute Gasteiger partial charge is 0.326 e. The zero-order valence-corrected chi connectivity index (χ0v) is 15.8. The summed E-state index contributed by atoms with van der Waals surface area (Å²) in [5.74, 6) is -2.40. The first-order chi connectivity index (χ1) is 13.2. The van der Waals surface area contributed by atoms with E-state index in [9.17, 15) is 23.9 Å². The minimum Gasteiger partial charge on any atom is -0.480 e. The van der Waals surface area contributed by atoms with Crippen LogP contribution in [0.1, 0.15) is 35.6 Å². The van der Waals surface area contributed by atoms with Crippen molar-refractivity contribution in [1.82, 2.24) is 25.2 Å².